The van der Waals surface area contributed by atoms with Crippen molar-refractivity contribution >= 4 is 35.3 Å². The highest BCUT2D eigenvalue weighted by atomic mass is 32.2. The van der Waals surface area contributed by atoms with Crippen LogP contribution >= 0.6 is 11.8 Å². The van der Waals surface area contributed by atoms with E-state index >= 15 is 0 Å². The minimum atomic E-state index is -0.953. The molecule has 11 heteroatoms. The number of hydrogen-bond donors (Lipinski definition) is 2. The fourth-order valence-corrected chi connectivity index (χ4v) is 5.25. The lowest BCUT2D eigenvalue weighted by molar-refractivity contribution is -0.384. The number of carbonyl (C=O) groups excluding carboxylic acids is 3. The molecule has 1 amide bonds. The predicted molar refractivity (Wildman–Crippen MR) is 130 cm³/mol. The summed E-state index contributed by atoms with van der Waals surface area (Å²) < 4.78 is 10.1. The van der Waals surface area contributed by atoms with Crippen LogP contribution in [0.5, 0.6) is 0 Å². The van der Waals surface area contributed by atoms with Gasteiger partial charge in [-0.25, -0.2) is 4.79 Å². The molecule has 0 spiro atoms. The van der Waals surface area contributed by atoms with Crippen LogP contribution in [0.4, 0.5) is 5.69 Å². The molecule has 0 aliphatic carbocycles. The summed E-state index contributed by atoms with van der Waals surface area (Å²) in [7, 11) is 1.23. The van der Waals surface area contributed by atoms with Crippen molar-refractivity contribution in [3.8, 4) is 0 Å². The molecule has 0 radical (unpaired) electrons. The van der Waals surface area contributed by atoms with Gasteiger partial charge in [0, 0.05) is 29.1 Å². The summed E-state index contributed by atoms with van der Waals surface area (Å²) in [6, 6.07) is 5.81. The molecule has 35 heavy (non-hydrogen) atoms. The summed E-state index contributed by atoms with van der Waals surface area (Å²) in [5.41, 5.74) is 1.54. The predicted octanol–water partition coefficient (Wildman–Crippen LogP) is 3.42. The molecular weight excluding hydrogens is 474 g/mol. The number of ether oxygens (including phenoxy) is 2. The maximum atomic E-state index is 13.8. The third-order valence-electron chi connectivity index (χ3n) is 5.74. The number of nitrogens with one attached hydrogen (secondary N) is 2. The Kier molecular flexibility index (Phi) is 8.00. The number of hydrogen-bond acceptors (Lipinski definition) is 9. The van der Waals surface area contributed by atoms with Crippen molar-refractivity contribution in [3.05, 3.63) is 74.0 Å². The molecule has 2 heterocycles. The lowest BCUT2D eigenvalue weighted by atomic mass is 9.79. The Labute approximate surface area is 207 Å². The number of methoxy groups -OCH3 is 1. The van der Waals surface area contributed by atoms with Gasteiger partial charge in [0.15, 0.2) is 0 Å². The maximum Gasteiger partial charge on any atom is 0.336 e. The minimum Gasteiger partial charge on any atom is -0.466 e. The second kappa shape index (κ2) is 10.8. The second-order valence-corrected chi connectivity index (χ2v) is 9.39. The smallest absolute Gasteiger partial charge is 0.336 e. The van der Waals surface area contributed by atoms with Crippen LogP contribution in [-0.4, -0.2) is 41.4 Å². The number of esters is 2. The Morgan fingerprint density at radius 2 is 1.97 bits per heavy atom. The molecule has 0 aromatic heterocycles. The topological polar surface area (TPSA) is 137 Å². The molecule has 2 atom stereocenters. The minimum absolute atomic E-state index is 0.0514. The largest absolute Gasteiger partial charge is 0.466 e. The van der Waals surface area contributed by atoms with Gasteiger partial charge in [0.05, 0.1) is 36.6 Å². The molecular formula is C24H27N3O7S. The zero-order valence-corrected chi connectivity index (χ0v) is 20.7. The SMILES string of the molecule is CCOC(=O)CC1(NC(=O)C2=C(C)NC(C)=C(C(=O)OC)C2c2cccc([N+](=O)[O-])c2)CC=CS1. The molecule has 1 aromatic carbocycles. The van der Waals surface area contributed by atoms with Gasteiger partial charge in [0.1, 0.15) is 4.87 Å². The fourth-order valence-electron chi connectivity index (χ4n) is 4.25. The fraction of sp³-hybridized carbons (Fsp3) is 0.375. The zero-order chi connectivity index (χ0) is 25.8. The molecule has 2 N–H and O–H groups in total. The highest BCUT2D eigenvalue weighted by Gasteiger charge is 2.42. The number of carbonyl (C=O) groups is 3. The molecule has 0 saturated heterocycles. The molecule has 2 unspecified atom stereocenters. The van der Waals surface area contributed by atoms with E-state index in [-0.39, 0.29) is 29.9 Å². The number of allylic oxidation sites excluding steroid dienone is 2. The van der Waals surface area contributed by atoms with Gasteiger partial charge < -0.3 is 20.1 Å². The summed E-state index contributed by atoms with van der Waals surface area (Å²) in [5, 5.41) is 19.3. The molecule has 10 nitrogen and oxygen atoms in total. The van der Waals surface area contributed by atoms with Gasteiger partial charge in [0.2, 0.25) is 0 Å². The van der Waals surface area contributed by atoms with E-state index in [1.807, 2.05) is 11.5 Å². The molecule has 1 aromatic rings. The number of dihydropyridines is 1. The van der Waals surface area contributed by atoms with Gasteiger partial charge in [0.25, 0.3) is 11.6 Å². The van der Waals surface area contributed by atoms with Crippen LogP contribution in [0.2, 0.25) is 0 Å². The van der Waals surface area contributed by atoms with Gasteiger partial charge in [-0.3, -0.25) is 19.7 Å². The number of nitrogens with zero attached hydrogens (tertiary/aromatic N) is 1. The Morgan fingerprint density at radius 1 is 1.26 bits per heavy atom. The van der Waals surface area contributed by atoms with Crippen LogP contribution in [0.25, 0.3) is 0 Å². The van der Waals surface area contributed by atoms with E-state index in [4.69, 9.17) is 9.47 Å². The van der Waals surface area contributed by atoms with Gasteiger partial charge in [-0.15, -0.1) is 11.8 Å². The first-order chi connectivity index (χ1) is 16.6. The number of nitro benzene ring substituents is 1. The van der Waals surface area contributed by atoms with Crippen LogP contribution in [-0.2, 0) is 23.9 Å². The molecule has 2 aliphatic rings. The summed E-state index contributed by atoms with van der Waals surface area (Å²) in [6.45, 7) is 5.29. The molecule has 3 rings (SSSR count). The second-order valence-electron chi connectivity index (χ2n) is 8.10. The lowest BCUT2D eigenvalue weighted by Gasteiger charge is -2.34. The zero-order valence-electron chi connectivity index (χ0n) is 19.9. The third-order valence-corrected chi connectivity index (χ3v) is 6.93. The summed E-state index contributed by atoms with van der Waals surface area (Å²) in [5.74, 6) is -2.55. The maximum absolute atomic E-state index is 13.8. The Balaban J connectivity index is 2.06. The molecule has 0 saturated carbocycles. The number of rotatable bonds is 8. The van der Waals surface area contributed by atoms with Crippen LogP contribution in [0.15, 0.2) is 58.3 Å². The number of non-ortho nitro benzene ring substituents is 1. The standard InChI is InChI=1S/C24H27N3O7S/c1-5-34-18(28)13-24(10-7-11-35-24)26-22(29)19-14(2)25-15(3)20(23(30)33-4)21(19)16-8-6-9-17(12-16)27(31)32/h6-9,11-12,21,25H,5,10,13H2,1-4H3,(H,26,29). The van der Waals surface area contributed by atoms with E-state index in [0.29, 0.717) is 23.4 Å². The van der Waals surface area contributed by atoms with Crippen molar-refractivity contribution in [2.75, 3.05) is 13.7 Å². The van der Waals surface area contributed by atoms with Crippen molar-refractivity contribution in [2.24, 2.45) is 0 Å². The lowest BCUT2D eigenvalue weighted by Crippen LogP contribution is -2.48. The van der Waals surface area contributed by atoms with Gasteiger partial charge in [-0.05, 0) is 38.2 Å². The Hall–Kier alpha value is -3.60. The van der Waals surface area contributed by atoms with Crippen LogP contribution in [0.1, 0.15) is 45.1 Å². The van der Waals surface area contributed by atoms with Gasteiger partial charge in [-0.1, -0.05) is 18.2 Å². The average Bonchev–Trinajstić information content (AvgIpc) is 3.25. The average molecular weight is 502 g/mol. The van der Waals surface area contributed by atoms with E-state index in [0.717, 1.165) is 0 Å². The molecule has 0 bridgehead atoms. The highest BCUT2D eigenvalue weighted by molar-refractivity contribution is 8.03. The first kappa shape index (κ1) is 26.0. The van der Waals surface area contributed by atoms with Gasteiger partial charge >= 0.3 is 11.9 Å². The monoisotopic (exact) mass is 501 g/mol. The molecule has 0 fully saturated rings. The number of amides is 1. The van der Waals surface area contributed by atoms with E-state index in [2.05, 4.69) is 10.6 Å². The number of thioether (sulfide) groups is 1. The normalized spacial score (nSPS) is 21.4. The van der Waals surface area contributed by atoms with Crippen molar-refractivity contribution in [1.29, 1.82) is 0 Å². The summed E-state index contributed by atoms with van der Waals surface area (Å²) in [4.78, 5) is 48.8. The highest BCUT2D eigenvalue weighted by Crippen LogP contribution is 2.42. The van der Waals surface area contributed by atoms with Crippen LogP contribution in [0, 0.1) is 10.1 Å². The third kappa shape index (κ3) is 5.56. The van der Waals surface area contributed by atoms with Crippen LogP contribution in [0.3, 0.4) is 0 Å². The number of benzene rings is 1. The van der Waals surface area contributed by atoms with Crippen molar-refractivity contribution in [1.82, 2.24) is 10.6 Å². The Bertz CT molecular complexity index is 1150. The van der Waals surface area contributed by atoms with Crippen molar-refractivity contribution in [3.63, 3.8) is 0 Å². The van der Waals surface area contributed by atoms with Crippen molar-refractivity contribution in [2.45, 2.75) is 44.4 Å². The summed E-state index contributed by atoms with van der Waals surface area (Å²) in [6.07, 6.45) is 2.21. The number of nitro groups is 1. The molecule has 2 aliphatic heterocycles. The van der Waals surface area contributed by atoms with E-state index in [1.54, 1.807) is 26.8 Å². The van der Waals surface area contributed by atoms with Crippen LogP contribution < -0.4 is 10.6 Å². The van der Waals surface area contributed by atoms with Gasteiger partial charge in [-0.2, -0.15) is 0 Å². The van der Waals surface area contributed by atoms with E-state index in [9.17, 15) is 24.5 Å². The first-order valence-corrected chi connectivity index (χ1v) is 11.8. The van der Waals surface area contributed by atoms with Crippen molar-refractivity contribution < 1.29 is 28.8 Å². The van der Waals surface area contributed by atoms with E-state index in [1.165, 1.54) is 37.1 Å². The summed E-state index contributed by atoms with van der Waals surface area (Å²) >= 11 is 1.30. The Morgan fingerprint density at radius 3 is 2.57 bits per heavy atom. The van der Waals surface area contributed by atoms with E-state index < -0.39 is 33.6 Å². The quantitative estimate of drug-likeness (QED) is 0.312. The first-order valence-electron chi connectivity index (χ1n) is 10.9. The molecule has 186 valence electrons.